The summed E-state index contributed by atoms with van der Waals surface area (Å²) in [6.07, 6.45) is 4.81. The molecule has 1 amide bonds. The average molecular weight is 557 g/mol. The van der Waals surface area contributed by atoms with Crippen LogP contribution in [0.1, 0.15) is 30.9 Å². The standard InChI is InChI=1S/C27H26F2N4O3S2/c1-2-18-5-7-23-24(14-18)37-27(31-23)33(17-19-4-3-11-30-16-19)26(34)20-9-12-32(13-10-20)38(35,36)25-8-6-21(28)15-22(25)29/h3-8,11,14-16,20H,2,9-10,12-13,17H2,1H3. The quantitative estimate of drug-likeness (QED) is 0.314. The van der Waals surface area contributed by atoms with E-state index >= 15 is 0 Å². The SMILES string of the molecule is CCc1ccc2nc(N(Cc3cccnc3)C(=O)C3CCN(S(=O)(=O)c4ccc(F)cc4F)CC3)sc2c1. The molecule has 0 N–H and O–H groups in total. The number of rotatable bonds is 7. The van der Waals surface area contributed by atoms with Crippen LogP contribution in [0.15, 0.2) is 65.8 Å². The van der Waals surface area contributed by atoms with Crippen LogP contribution in [0.25, 0.3) is 10.2 Å². The molecule has 0 unspecified atom stereocenters. The van der Waals surface area contributed by atoms with Crippen molar-refractivity contribution in [3.8, 4) is 0 Å². The van der Waals surface area contributed by atoms with E-state index in [1.807, 2.05) is 24.3 Å². The Hall–Kier alpha value is -3.28. The molecule has 1 aliphatic rings. The van der Waals surface area contributed by atoms with Crippen molar-refractivity contribution >= 4 is 42.6 Å². The van der Waals surface area contributed by atoms with Crippen molar-refractivity contribution in [2.75, 3.05) is 18.0 Å². The monoisotopic (exact) mass is 556 g/mol. The zero-order valence-corrected chi connectivity index (χ0v) is 22.3. The fourth-order valence-electron chi connectivity index (χ4n) is 4.59. The first-order valence-electron chi connectivity index (χ1n) is 12.3. The largest absolute Gasteiger partial charge is 0.283 e. The van der Waals surface area contributed by atoms with E-state index in [4.69, 9.17) is 4.98 Å². The Morgan fingerprint density at radius 1 is 1.11 bits per heavy atom. The maximum Gasteiger partial charge on any atom is 0.245 e. The van der Waals surface area contributed by atoms with Crippen LogP contribution in [0.5, 0.6) is 0 Å². The van der Waals surface area contributed by atoms with Gasteiger partial charge in [-0.05, 0) is 60.7 Å². The number of halogens is 2. The zero-order valence-electron chi connectivity index (χ0n) is 20.7. The van der Waals surface area contributed by atoms with Gasteiger partial charge in [-0.2, -0.15) is 4.31 Å². The lowest BCUT2D eigenvalue weighted by molar-refractivity contribution is -0.123. The summed E-state index contributed by atoms with van der Waals surface area (Å²) in [5.74, 6) is -2.56. The summed E-state index contributed by atoms with van der Waals surface area (Å²) in [5, 5.41) is 0.575. The Bertz CT molecular complexity index is 1570. The van der Waals surface area contributed by atoms with Gasteiger partial charge in [0.25, 0.3) is 0 Å². The molecule has 1 saturated heterocycles. The summed E-state index contributed by atoms with van der Waals surface area (Å²) in [6.45, 7) is 2.47. The van der Waals surface area contributed by atoms with E-state index in [1.54, 1.807) is 17.3 Å². The topological polar surface area (TPSA) is 83.5 Å². The van der Waals surface area contributed by atoms with E-state index < -0.39 is 32.5 Å². The fraction of sp³-hybridized carbons (Fsp3) is 0.296. The van der Waals surface area contributed by atoms with Gasteiger partial charge in [-0.25, -0.2) is 22.2 Å². The minimum Gasteiger partial charge on any atom is -0.283 e. The molecular weight excluding hydrogens is 530 g/mol. The van der Waals surface area contributed by atoms with Crippen LogP contribution >= 0.6 is 11.3 Å². The number of pyridine rings is 1. The highest BCUT2D eigenvalue weighted by atomic mass is 32.2. The number of benzene rings is 2. The summed E-state index contributed by atoms with van der Waals surface area (Å²) in [5.41, 5.74) is 2.85. The predicted octanol–water partition coefficient (Wildman–Crippen LogP) is 5.17. The predicted molar refractivity (Wildman–Crippen MR) is 142 cm³/mol. The number of fused-ring (bicyclic) bond motifs is 1. The first-order valence-corrected chi connectivity index (χ1v) is 14.6. The molecule has 3 heterocycles. The maximum absolute atomic E-state index is 14.2. The third-order valence-electron chi connectivity index (χ3n) is 6.73. The minimum atomic E-state index is -4.16. The molecule has 5 rings (SSSR count). The van der Waals surface area contributed by atoms with E-state index in [2.05, 4.69) is 18.0 Å². The average Bonchev–Trinajstić information content (AvgIpc) is 3.35. The molecule has 198 valence electrons. The van der Waals surface area contributed by atoms with Crippen LogP contribution in [0.2, 0.25) is 0 Å². The number of hydrogen-bond donors (Lipinski definition) is 0. The number of hydrogen-bond acceptors (Lipinski definition) is 6. The molecule has 0 bridgehead atoms. The number of anilines is 1. The molecule has 11 heteroatoms. The van der Waals surface area contributed by atoms with Gasteiger partial charge in [-0.15, -0.1) is 0 Å². The minimum absolute atomic E-state index is 0.0516. The molecule has 1 fully saturated rings. The number of aromatic nitrogens is 2. The highest BCUT2D eigenvalue weighted by Crippen LogP contribution is 2.34. The first-order chi connectivity index (χ1) is 18.3. The van der Waals surface area contributed by atoms with E-state index in [1.165, 1.54) is 16.9 Å². The first kappa shape index (κ1) is 26.3. The second kappa shape index (κ2) is 10.8. The van der Waals surface area contributed by atoms with Crippen LogP contribution < -0.4 is 4.90 Å². The van der Waals surface area contributed by atoms with Gasteiger partial charge < -0.3 is 0 Å². The molecular formula is C27H26F2N4O3S2. The lowest BCUT2D eigenvalue weighted by Crippen LogP contribution is -2.44. The lowest BCUT2D eigenvalue weighted by atomic mass is 9.96. The highest BCUT2D eigenvalue weighted by Gasteiger charge is 2.36. The summed E-state index contributed by atoms with van der Waals surface area (Å²) >= 11 is 1.45. The molecule has 1 aliphatic heterocycles. The van der Waals surface area contributed by atoms with Gasteiger partial charge in [-0.1, -0.05) is 30.4 Å². The van der Waals surface area contributed by atoms with E-state index in [0.717, 1.165) is 38.6 Å². The Balaban J connectivity index is 1.38. The van der Waals surface area contributed by atoms with Crippen LogP contribution in [0, 0.1) is 17.6 Å². The summed E-state index contributed by atoms with van der Waals surface area (Å²) < 4.78 is 55.7. The van der Waals surface area contributed by atoms with E-state index in [-0.39, 0.29) is 38.4 Å². The molecule has 0 radical (unpaired) electrons. The van der Waals surface area contributed by atoms with E-state index in [0.29, 0.717) is 11.2 Å². The lowest BCUT2D eigenvalue weighted by Gasteiger charge is -2.33. The summed E-state index contributed by atoms with van der Waals surface area (Å²) in [4.78, 5) is 23.8. The number of amides is 1. The Labute approximate surface area is 223 Å². The molecule has 2 aromatic carbocycles. The van der Waals surface area contributed by atoms with Gasteiger partial charge in [-0.3, -0.25) is 14.7 Å². The smallest absolute Gasteiger partial charge is 0.245 e. The van der Waals surface area contributed by atoms with Crippen LogP contribution in [0.3, 0.4) is 0 Å². The second-order valence-electron chi connectivity index (χ2n) is 9.19. The molecule has 7 nitrogen and oxygen atoms in total. The molecule has 0 atom stereocenters. The molecule has 4 aromatic rings. The Morgan fingerprint density at radius 3 is 2.58 bits per heavy atom. The van der Waals surface area contributed by atoms with Gasteiger partial charge >= 0.3 is 0 Å². The van der Waals surface area contributed by atoms with Crippen molar-refractivity contribution in [1.29, 1.82) is 0 Å². The van der Waals surface area contributed by atoms with Crippen LogP contribution in [-0.4, -0.2) is 41.7 Å². The number of aryl methyl sites for hydroxylation is 1. The highest BCUT2D eigenvalue weighted by molar-refractivity contribution is 7.89. The number of nitrogens with zero attached hydrogens (tertiary/aromatic N) is 4. The van der Waals surface area contributed by atoms with Crippen molar-refractivity contribution in [2.45, 2.75) is 37.6 Å². The molecule has 0 spiro atoms. The Kier molecular flexibility index (Phi) is 7.51. The molecule has 38 heavy (non-hydrogen) atoms. The molecule has 0 saturated carbocycles. The number of thiazole rings is 1. The van der Waals surface area contributed by atoms with Crippen molar-refractivity contribution < 1.29 is 22.0 Å². The number of carbonyl (C=O) groups is 1. The van der Waals surface area contributed by atoms with Gasteiger partial charge in [0.15, 0.2) is 5.13 Å². The maximum atomic E-state index is 14.2. The second-order valence-corrected chi connectivity index (χ2v) is 12.1. The zero-order chi connectivity index (χ0) is 26.9. The van der Waals surface area contributed by atoms with Gasteiger partial charge in [0.1, 0.15) is 16.5 Å². The van der Waals surface area contributed by atoms with Gasteiger partial charge in [0.05, 0.1) is 16.8 Å². The molecule has 2 aromatic heterocycles. The van der Waals surface area contributed by atoms with Crippen molar-refractivity contribution in [2.24, 2.45) is 5.92 Å². The van der Waals surface area contributed by atoms with Crippen molar-refractivity contribution in [1.82, 2.24) is 14.3 Å². The number of piperidine rings is 1. The van der Waals surface area contributed by atoms with Gasteiger partial charge in [0.2, 0.25) is 15.9 Å². The van der Waals surface area contributed by atoms with Crippen LogP contribution in [-0.2, 0) is 27.8 Å². The third-order valence-corrected chi connectivity index (χ3v) is 9.70. The number of sulfonamides is 1. The summed E-state index contributed by atoms with van der Waals surface area (Å²) in [7, 11) is -4.16. The summed E-state index contributed by atoms with van der Waals surface area (Å²) in [6, 6.07) is 12.2. The van der Waals surface area contributed by atoms with Gasteiger partial charge in [0, 0.05) is 37.5 Å². The molecule has 0 aliphatic carbocycles. The van der Waals surface area contributed by atoms with Crippen molar-refractivity contribution in [3.63, 3.8) is 0 Å². The normalized spacial score (nSPS) is 15.1. The fourth-order valence-corrected chi connectivity index (χ4v) is 7.14. The van der Waals surface area contributed by atoms with Crippen molar-refractivity contribution in [3.05, 3.63) is 83.7 Å². The Morgan fingerprint density at radius 2 is 1.89 bits per heavy atom. The number of carbonyl (C=O) groups excluding carboxylic acids is 1. The third kappa shape index (κ3) is 5.31. The van der Waals surface area contributed by atoms with Crippen LogP contribution in [0.4, 0.5) is 13.9 Å². The van der Waals surface area contributed by atoms with E-state index in [9.17, 15) is 22.0 Å².